The molecule has 2 fully saturated rings. The molecule has 6 heteroatoms. The summed E-state index contributed by atoms with van der Waals surface area (Å²) in [6.45, 7) is 5.15. The number of ether oxygens (including phenoxy) is 1. The molecule has 1 heterocycles. The van der Waals surface area contributed by atoms with E-state index in [0.717, 1.165) is 31.8 Å². The summed E-state index contributed by atoms with van der Waals surface area (Å²) in [5, 5.41) is 5.98. The number of carbonyl (C=O) groups is 1. The van der Waals surface area contributed by atoms with Crippen LogP contribution in [0.15, 0.2) is 18.2 Å². The Hall–Kier alpha value is -1.82. The second kappa shape index (κ2) is 9.40. The summed E-state index contributed by atoms with van der Waals surface area (Å²) in [6, 6.07) is 4.01. The normalized spacial score (nSPS) is 20.4. The van der Waals surface area contributed by atoms with Gasteiger partial charge in [0.2, 0.25) is 0 Å². The van der Waals surface area contributed by atoms with E-state index in [1.807, 2.05) is 6.92 Å². The van der Waals surface area contributed by atoms with Crippen molar-refractivity contribution >= 4 is 6.03 Å². The number of carbonyl (C=O) groups excluding carboxylic acids is 1. The molecule has 0 unspecified atom stereocenters. The molecule has 0 radical (unpaired) electrons. The first-order valence-electron chi connectivity index (χ1n) is 10.2. The minimum atomic E-state index is -0.338. The van der Waals surface area contributed by atoms with Gasteiger partial charge in [0.05, 0.1) is 13.2 Å². The number of halogens is 1. The van der Waals surface area contributed by atoms with E-state index in [4.69, 9.17) is 4.74 Å². The molecule has 1 aliphatic heterocycles. The van der Waals surface area contributed by atoms with E-state index in [-0.39, 0.29) is 23.9 Å². The number of benzene rings is 1. The number of piperidine rings is 1. The molecule has 5 nitrogen and oxygen atoms in total. The molecule has 3 rings (SSSR count). The van der Waals surface area contributed by atoms with E-state index < -0.39 is 0 Å². The first-order chi connectivity index (χ1) is 13.0. The lowest BCUT2D eigenvalue weighted by atomic mass is 10.0. The van der Waals surface area contributed by atoms with Crippen molar-refractivity contribution in [1.82, 2.24) is 15.5 Å². The second-order valence-corrected chi connectivity index (χ2v) is 7.95. The quantitative estimate of drug-likeness (QED) is 0.792. The number of likely N-dealkylation sites (tertiary alicyclic amines) is 1. The predicted octanol–water partition coefficient (Wildman–Crippen LogP) is 3.85. The lowest BCUT2D eigenvalue weighted by Crippen LogP contribution is -2.48. The van der Waals surface area contributed by atoms with Gasteiger partial charge in [-0.25, -0.2) is 9.18 Å². The van der Waals surface area contributed by atoms with Gasteiger partial charge in [-0.2, -0.15) is 0 Å². The number of nitrogens with zero attached hydrogens (tertiary/aromatic N) is 1. The molecule has 27 heavy (non-hydrogen) atoms. The average Bonchev–Trinajstić information content (AvgIpc) is 3.16. The molecule has 1 saturated heterocycles. The van der Waals surface area contributed by atoms with E-state index in [9.17, 15) is 9.18 Å². The Bertz CT molecular complexity index is 626. The van der Waals surface area contributed by atoms with Crippen LogP contribution < -0.4 is 15.4 Å². The number of urea groups is 1. The number of nitrogens with one attached hydrogen (secondary N) is 2. The predicted molar refractivity (Wildman–Crippen MR) is 104 cm³/mol. The monoisotopic (exact) mass is 377 g/mol. The fraction of sp³-hybridized carbons (Fsp3) is 0.667. The van der Waals surface area contributed by atoms with E-state index in [1.54, 1.807) is 13.2 Å². The maximum atomic E-state index is 13.5. The van der Waals surface area contributed by atoms with E-state index in [1.165, 1.54) is 44.4 Å². The molecular weight excluding hydrogens is 345 g/mol. The van der Waals surface area contributed by atoms with Gasteiger partial charge in [-0.05, 0) is 56.7 Å². The first kappa shape index (κ1) is 19.9. The summed E-state index contributed by atoms with van der Waals surface area (Å²) < 4.78 is 18.8. The number of hydrogen-bond acceptors (Lipinski definition) is 3. The fourth-order valence-electron chi connectivity index (χ4n) is 4.36. The molecule has 2 amide bonds. The van der Waals surface area contributed by atoms with Crippen LogP contribution in [-0.4, -0.2) is 43.7 Å². The minimum Gasteiger partial charge on any atom is -0.496 e. The van der Waals surface area contributed by atoms with Crippen molar-refractivity contribution < 1.29 is 13.9 Å². The Balaban J connectivity index is 1.43. The molecular formula is C21H32FN3O2. The minimum absolute atomic E-state index is 0.200. The number of amides is 2. The van der Waals surface area contributed by atoms with Crippen molar-refractivity contribution in [2.75, 3.05) is 26.7 Å². The van der Waals surface area contributed by atoms with Crippen LogP contribution in [0, 0.1) is 11.7 Å². The van der Waals surface area contributed by atoms with Gasteiger partial charge in [0.15, 0.2) is 0 Å². The number of rotatable bonds is 6. The lowest BCUT2D eigenvalue weighted by molar-refractivity contribution is 0.171. The van der Waals surface area contributed by atoms with Crippen LogP contribution in [0.1, 0.15) is 57.1 Å². The maximum Gasteiger partial charge on any atom is 0.315 e. The highest BCUT2D eigenvalue weighted by Crippen LogP contribution is 2.27. The van der Waals surface area contributed by atoms with Crippen LogP contribution in [0.4, 0.5) is 9.18 Å². The third kappa shape index (κ3) is 5.58. The maximum absolute atomic E-state index is 13.5. The molecule has 0 aromatic heterocycles. The average molecular weight is 378 g/mol. The molecule has 1 aliphatic carbocycles. The van der Waals surface area contributed by atoms with Crippen LogP contribution in [-0.2, 0) is 0 Å². The van der Waals surface area contributed by atoms with Gasteiger partial charge in [-0.1, -0.05) is 12.8 Å². The highest BCUT2D eigenvalue weighted by molar-refractivity contribution is 5.74. The smallest absolute Gasteiger partial charge is 0.315 e. The van der Waals surface area contributed by atoms with Crippen LogP contribution in [0.25, 0.3) is 0 Å². The van der Waals surface area contributed by atoms with Crippen molar-refractivity contribution in [3.8, 4) is 5.75 Å². The first-order valence-corrected chi connectivity index (χ1v) is 10.2. The Morgan fingerprint density at radius 1 is 1.26 bits per heavy atom. The Labute approximate surface area is 161 Å². The van der Waals surface area contributed by atoms with E-state index in [2.05, 4.69) is 15.5 Å². The summed E-state index contributed by atoms with van der Waals surface area (Å²) in [6.07, 6.45) is 7.49. The van der Waals surface area contributed by atoms with E-state index in [0.29, 0.717) is 11.3 Å². The third-order valence-electron chi connectivity index (χ3n) is 5.92. The van der Waals surface area contributed by atoms with Crippen molar-refractivity contribution in [2.24, 2.45) is 5.92 Å². The van der Waals surface area contributed by atoms with Gasteiger partial charge in [-0.3, -0.25) is 0 Å². The summed E-state index contributed by atoms with van der Waals surface area (Å²) in [5.74, 6) is 1.11. The van der Waals surface area contributed by atoms with E-state index >= 15 is 0 Å². The summed E-state index contributed by atoms with van der Waals surface area (Å²) >= 11 is 0. The van der Waals surface area contributed by atoms with Gasteiger partial charge < -0.3 is 20.3 Å². The van der Waals surface area contributed by atoms with Gasteiger partial charge >= 0.3 is 6.03 Å². The molecule has 1 aromatic carbocycles. The lowest BCUT2D eigenvalue weighted by Gasteiger charge is -2.34. The number of methoxy groups -OCH3 is 1. The Kier molecular flexibility index (Phi) is 6.94. The van der Waals surface area contributed by atoms with Gasteiger partial charge in [0.25, 0.3) is 0 Å². The summed E-state index contributed by atoms with van der Waals surface area (Å²) in [4.78, 5) is 14.9. The molecule has 0 spiro atoms. The second-order valence-electron chi connectivity index (χ2n) is 7.95. The van der Waals surface area contributed by atoms with Gasteiger partial charge in [0, 0.05) is 31.2 Å². The van der Waals surface area contributed by atoms with Gasteiger partial charge in [0.1, 0.15) is 11.6 Å². The van der Waals surface area contributed by atoms with Crippen molar-refractivity contribution in [1.29, 1.82) is 0 Å². The summed E-state index contributed by atoms with van der Waals surface area (Å²) in [5.41, 5.74) is 0.638. The van der Waals surface area contributed by atoms with Crippen LogP contribution >= 0.6 is 0 Å². The molecule has 150 valence electrons. The Morgan fingerprint density at radius 3 is 2.63 bits per heavy atom. The molecule has 2 N–H and O–H groups in total. The third-order valence-corrected chi connectivity index (χ3v) is 5.92. The van der Waals surface area contributed by atoms with Crippen molar-refractivity contribution in [3.05, 3.63) is 29.6 Å². The SMILES string of the molecule is COc1ccc(F)cc1[C@@H](C)NC(=O)NC1CCN(CC2CCCC2)CC1. The highest BCUT2D eigenvalue weighted by Gasteiger charge is 2.25. The Morgan fingerprint density at radius 2 is 1.96 bits per heavy atom. The highest BCUT2D eigenvalue weighted by atomic mass is 19.1. The zero-order chi connectivity index (χ0) is 19.2. The zero-order valence-corrected chi connectivity index (χ0v) is 16.5. The largest absolute Gasteiger partial charge is 0.496 e. The zero-order valence-electron chi connectivity index (χ0n) is 16.5. The van der Waals surface area contributed by atoms with Crippen molar-refractivity contribution in [3.63, 3.8) is 0 Å². The van der Waals surface area contributed by atoms with Crippen LogP contribution in [0.5, 0.6) is 5.75 Å². The molecule has 2 aliphatic rings. The number of hydrogen-bond donors (Lipinski definition) is 2. The molecule has 1 saturated carbocycles. The van der Waals surface area contributed by atoms with Gasteiger partial charge in [-0.15, -0.1) is 0 Å². The van der Waals surface area contributed by atoms with Crippen LogP contribution in [0.3, 0.4) is 0 Å². The molecule has 1 aromatic rings. The van der Waals surface area contributed by atoms with Crippen LogP contribution in [0.2, 0.25) is 0 Å². The molecule has 0 bridgehead atoms. The topological polar surface area (TPSA) is 53.6 Å². The fourth-order valence-corrected chi connectivity index (χ4v) is 4.36. The summed E-state index contributed by atoms with van der Waals surface area (Å²) in [7, 11) is 1.54. The molecule has 1 atom stereocenters. The standard InChI is InChI=1S/C21H32FN3O2/c1-15(19-13-17(22)7-8-20(19)27-2)23-21(26)24-18-9-11-25(12-10-18)14-16-5-3-4-6-16/h7-8,13,15-16,18H,3-6,9-12,14H2,1-2H3,(H2,23,24,26)/t15-/m1/s1. The van der Waals surface area contributed by atoms with Crippen molar-refractivity contribution in [2.45, 2.75) is 57.5 Å².